The molecule has 0 spiro atoms. The van der Waals surface area contributed by atoms with Crippen molar-refractivity contribution < 1.29 is 9.18 Å². The molecule has 3 atom stereocenters. The highest BCUT2D eigenvalue weighted by molar-refractivity contribution is 6.30. The van der Waals surface area contributed by atoms with Crippen LogP contribution in [-0.4, -0.2) is 61.5 Å². The summed E-state index contributed by atoms with van der Waals surface area (Å²) >= 11 is 6.13. The third-order valence-corrected chi connectivity index (χ3v) is 7.89. The minimum Gasteiger partial charge on any atom is -0.365 e. The number of likely N-dealkylation sites (tertiary alicyclic amines) is 1. The molecular formula is C29H40ClFN4O. The second-order valence-corrected chi connectivity index (χ2v) is 11.6. The second-order valence-electron chi connectivity index (χ2n) is 11.1. The number of para-hydroxylation sites is 1. The van der Waals surface area contributed by atoms with Crippen molar-refractivity contribution in [3.63, 3.8) is 0 Å². The lowest BCUT2D eigenvalue weighted by atomic mass is 9.88. The number of halogens is 2. The lowest BCUT2D eigenvalue weighted by molar-refractivity contribution is -0.135. The number of nitrogens with zero attached hydrogens (tertiary/aromatic N) is 3. The van der Waals surface area contributed by atoms with Gasteiger partial charge in [-0.05, 0) is 41.2 Å². The fraction of sp³-hybridized carbons (Fsp3) is 0.552. The minimum absolute atomic E-state index is 0.0881. The predicted molar refractivity (Wildman–Crippen MR) is 146 cm³/mol. The van der Waals surface area contributed by atoms with Gasteiger partial charge in [0, 0.05) is 62.8 Å². The van der Waals surface area contributed by atoms with E-state index in [2.05, 4.69) is 49.6 Å². The van der Waals surface area contributed by atoms with E-state index in [4.69, 9.17) is 17.3 Å². The van der Waals surface area contributed by atoms with Gasteiger partial charge in [0.05, 0.1) is 11.6 Å². The number of carbonyl (C=O) groups excluding carboxylic acids is 1. The number of hydrogen-bond donors (Lipinski definition) is 1. The molecule has 2 fully saturated rings. The number of amides is 1. The van der Waals surface area contributed by atoms with Crippen molar-refractivity contribution in [1.82, 2.24) is 9.80 Å². The average molecular weight is 515 g/mol. The van der Waals surface area contributed by atoms with Crippen LogP contribution in [0.3, 0.4) is 0 Å². The number of benzene rings is 2. The van der Waals surface area contributed by atoms with Gasteiger partial charge in [-0.15, -0.1) is 0 Å². The van der Waals surface area contributed by atoms with E-state index in [9.17, 15) is 9.18 Å². The Kier molecular flexibility index (Phi) is 8.59. The topological polar surface area (TPSA) is 52.8 Å². The van der Waals surface area contributed by atoms with Crippen molar-refractivity contribution in [2.45, 2.75) is 39.7 Å². The summed E-state index contributed by atoms with van der Waals surface area (Å²) in [6, 6.07) is 12.9. The quantitative estimate of drug-likeness (QED) is 0.555. The number of nitrogens with two attached hydrogens (primary N) is 1. The van der Waals surface area contributed by atoms with Gasteiger partial charge >= 0.3 is 0 Å². The lowest BCUT2D eigenvalue weighted by Crippen LogP contribution is -2.51. The first kappa shape index (κ1) is 26.9. The standard InChI is InChI=1S/C29H40ClFN4O/c1-19(2)16-33-17-24(21-8-10-22(30)11-9-21)25(18-33)29(36)35-14-12-34(13-15-35)28-23(27(32)20(3)4)6-5-7-26(28)31/h5-11,19-20,24-25,27H,12-18,32H2,1-4H3/t24-,25+,27-/m0/s1. The number of hydrogen-bond acceptors (Lipinski definition) is 4. The van der Waals surface area contributed by atoms with E-state index in [1.807, 2.05) is 23.1 Å². The van der Waals surface area contributed by atoms with E-state index in [0.29, 0.717) is 42.8 Å². The highest BCUT2D eigenvalue weighted by Crippen LogP contribution is 2.36. The maximum absolute atomic E-state index is 15.0. The van der Waals surface area contributed by atoms with E-state index in [0.717, 1.165) is 25.2 Å². The highest BCUT2D eigenvalue weighted by atomic mass is 35.5. The molecule has 5 nitrogen and oxygen atoms in total. The minimum atomic E-state index is -0.244. The molecule has 1 amide bonds. The maximum Gasteiger partial charge on any atom is 0.227 e. The summed E-state index contributed by atoms with van der Waals surface area (Å²) in [6.45, 7) is 13.5. The van der Waals surface area contributed by atoms with Gasteiger partial charge < -0.3 is 20.4 Å². The Morgan fingerprint density at radius 2 is 1.69 bits per heavy atom. The lowest BCUT2D eigenvalue weighted by Gasteiger charge is -2.39. The Labute approximate surface area is 220 Å². The van der Waals surface area contributed by atoms with E-state index in [1.165, 1.54) is 11.6 Å². The summed E-state index contributed by atoms with van der Waals surface area (Å²) in [5.74, 6) is 0.762. The third kappa shape index (κ3) is 5.87. The zero-order chi connectivity index (χ0) is 26.0. The molecule has 2 aliphatic heterocycles. The van der Waals surface area contributed by atoms with E-state index in [-0.39, 0.29) is 35.5 Å². The van der Waals surface area contributed by atoms with Gasteiger partial charge in [0.1, 0.15) is 5.82 Å². The van der Waals surface area contributed by atoms with Crippen LogP contribution >= 0.6 is 11.6 Å². The first-order valence-electron chi connectivity index (χ1n) is 13.2. The van der Waals surface area contributed by atoms with Crippen LogP contribution in [0.15, 0.2) is 42.5 Å². The first-order chi connectivity index (χ1) is 17.2. The number of anilines is 1. The van der Waals surface area contributed by atoms with Crippen molar-refractivity contribution >= 4 is 23.2 Å². The van der Waals surface area contributed by atoms with E-state index >= 15 is 0 Å². The molecule has 0 aromatic heterocycles. The molecule has 2 aromatic rings. The Balaban J connectivity index is 1.49. The summed E-state index contributed by atoms with van der Waals surface area (Å²) in [4.78, 5) is 20.3. The summed E-state index contributed by atoms with van der Waals surface area (Å²) in [6.07, 6.45) is 0. The van der Waals surface area contributed by atoms with E-state index < -0.39 is 0 Å². The van der Waals surface area contributed by atoms with Gasteiger partial charge in [-0.3, -0.25) is 4.79 Å². The molecular weight excluding hydrogens is 475 g/mol. The smallest absolute Gasteiger partial charge is 0.227 e. The fourth-order valence-electron chi connectivity index (χ4n) is 5.73. The van der Waals surface area contributed by atoms with Gasteiger partial charge in [0.15, 0.2) is 0 Å². The molecule has 36 heavy (non-hydrogen) atoms. The maximum atomic E-state index is 15.0. The monoisotopic (exact) mass is 514 g/mol. The van der Waals surface area contributed by atoms with Gasteiger partial charge in [-0.25, -0.2) is 4.39 Å². The fourth-order valence-corrected chi connectivity index (χ4v) is 5.85. The van der Waals surface area contributed by atoms with Crippen molar-refractivity contribution in [3.05, 3.63) is 64.4 Å². The van der Waals surface area contributed by atoms with Crippen LogP contribution in [0.1, 0.15) is 50.8 Å². The van der Waals surface area contributed by atoms with Crippen LogP contribution < -0.4 is 10.6 Å². The van der Waals surface area contributed by atoms with Crippen molar-refractivity contribution in [1.29, 1.82) is 0 Å². The molecule has 4 rings (SSSR count). The van der Waals surface area contributed by atoms with Crippen molar-refractivity contribution in [3.8, 4) is 0 Å². The largest absolute Gasteiger partial charge is 0.365 e. The van der Waals surface area contributed by atoms with Crippen LogP contribution in [0.25, 0.3) is 0 Å². The van der Waals surface area contributed by atoms with Gasteiger partial charge in [-0.2, -0.15) is 0 Å². The van der Waals surface area contributed by atoms with E-state index in [1.54, 1.807) is 6.07 Å². The molecule has 0 unspecified atom stereocenters. The highest BCUT2D eigenvalue weighted by Gasteiger charge is 2.41. The number of rotatable bonds is 7. The predicted octanol–water partition coefficient (Wildman–Crippen LogP) is 5.16. The molecule has 196 valence electrons. The van der Waals surface area contributed by atoms with Crippen LogP contribution in [0.4, 0.5) is 10.1 Å². The van der Waals surface area contributed by atoms with Crippen LogP contribution in [0.5, 0.6) is 0 Å². The molecule has 0 aliphatic carbocycles. The second kappa shape index (κ2) is 11.5. The Morgan fingerprint density at radius 3 is 2.31 bits per heavy atom. The van der Waals surface area contributed by atoms with Gasteiger partial charge in [0.2, 0.25) is 5.91 Å². The third-order valence-electron chi connectivity index (χ3n) is 7.64. The molecule has 2 N–H and O–H groups in total. The molecule has 0 bridgehead atoms. The average Bonchev–Trinajstić information content (AvgIpc) is 3.26. The molecule has 0 radical (unpaired) electrons. The number of carbonyl (C=O) groups is 1. The van der Waals surface area contributed by atoms with Crippen molar-refractivity contribution in [2.75, 3.05) is 50.7 Å². The SMILES string of the molecule is CC(C)CN1C[C@@H](C(=O)N2CCN(c3c(F)cccc3[C@@H](N)C(C)C)CC2)[C@H](c2ccc(Cl)cc2)C1. The van der Waals surface area contributed by atoms with Crippen LogP contribution in [0.2, 0.25) is 5.02 Å². The summed E-state index contributed by atoms with van der Waals surface area (Å²) in [7, 11) is 0. The zero-order valence-corrected chi connectivity index (χ0v) is 22.7. The number of piperazine rings is 1. The Bertz CT molecular complexity index is 1040. The first-order valence-corrected chi connectivity index (χ1v) is 13.6. The molecule has 7 heteroatoms. The molecule has 0 saturated carbocycles. The zero-order valence-electron chi connectivity index (χ0n) is 22.0. The molecule has 2 saturated heterocycles. The summed E-state index contributed by atoms with van der Waals surface area (Å²) < 4.78 is 15.0. The molecule has 2 aromatic carbocycles. The van der Waals surface area contributed by atoms with Crippen molar-refractivity contribution in [2.24, 2.45) is 23.5 Å². The van der Waals surface area contributed by atoms with Crippen LogP contribution in [0, 0.1) is 23.6 Å². The van der Waals surface area contributed by atoms with Crippen LogP contribution in [-0.2, 0) is 4.79 Å². The normalized spacial score (nSPS) is 22.0. The molecule has 2 aliphatic rings. The summed E-state index contributed by atoms with van der Waals surface area (Å²) in [5.41, 5.74) is 9.03. The Hall–Kier alpha value is -2.15. The summed E-state index contributed by atoms with van der Waals surface area (Å²) in [5, 5.41) is 0.708. The van der Waals surface area contributed by atoms with Gasteiger partial charge in [0.25, 0.3) is 0 Å². The molecule has 2 heterocycles. The Morgan fingerprint density at radius 1 is 1.03 bits per heavy atom. The van der Waals surface area contributed by atoms with Gasteiger partial charge in [-0.1, -0.05) is 63.6 Å².